The molecule has 96 valence electrons. The smallest absolute Gasteiger partial charge is 0.0511 e. The number of hydrogen-bond acceptors (Lipinski definition) is 4. The average molecular weight is 253 g/mol. The van der Waals surface area contributed by atoms with Crippen LogP contribution in [0.5, 0.6) is 0 Å². The van der Waals surface area contributed by atoms with E-state index in [1.54, 1.807) is 6.20 Å². The minimum atomic E-state index is 0.0912. The maximum Gasteiger partial charge on any atom is 0.0511 e. The van der Waals surface area contributed by atoms with Gasteiger partial charge in [-0.05, 0) is 38.8 Å². The van der Waals surface area contributed by atoms with Gasteiger partial charge in [0.25, 0.3) is 0 Å². The maximum atomic E-state index is 6.13. The molecule has 1 aromatic rings. The van der Waals surface area contributed by atoms with Crippen molar-refractivity contribution < 1.29 is 0 Å². The Morgan fingerprint density at radius 2 is 2.18 bits per heavy atom. The Morgan fingerprint density at radius 1 is 1.47 bits per heavy atom. The Morgan fingerprint density at radius 3 is 2.65 bits per heavy atom. The average Bonchev–Trinajstić information content (AvgIpc) is 2.30. The summed E-state index contributed by atoms with van der Waals surface area (Å²) in [5, 5.41) is 0. The summed E-state index contributed by atoms with van der Waals surface area (Å²) < 4.78 is 0. The molecule has 1 rings (SSSR count). The Labute approximate surface area is 109 Å². The van der Waals surface area contributed by atoms with Gasteiger partial charge in [-0.15, -0.1) is 0 Å². The molecule has 0 spiro atoms. The van der Waals surface area contributed by atoms with Crippen molar-refractivity contribution in [1.29, 1.82) is 0 Å². The third-order valence-corrected chi connectivity index (χ3v) is 3.88. The van der Waals surface area contributed by atoms with Crippen LogP contribution >= 0.6 is 11.8 Å². The van der Waals surface area contributed by atoms with Crippen LogP contribution in [-0.2, 0) is 0 Å². The lowest BCUT2D eigenvalue weighted by atomic mass is 10.0. The molecule has 0 aliphatic heterocycles. The highest BCUT2D eigenvalue weighted by Gasteiger charge is 2.24. The van der Waals surface area contributed by atoms with Gasteiger partial charge in [-0.3, -0.25) is 9.88 Å². The zero-order valence-corrected chi connectivity index (χ0v) is 11.9. The van der Waals surface area contributed by atoms with Gasteiger partial charge < -0.3 is 5.73 Å². The molecule has 1 aromatic heterocycles. The van der Waals surface area contributed by atoms with Gasteiger partial charge in [0.15, 0.2) is 0 Å². The second-order valence-electron chi connectivity index (χ2n) is 4.56. The van der Waals surface area contributed by atoms with E-state index in [9.17, 15) is 0 Å². The molecular formula is C13H23N3S. The van der Waals surface area contributed by atoms with Crippen LogP contribution in [0.15, 0.2) is 24.5 Å². The van der Waals surface area contributed by atoms with E-state index in [1.807, 2.05) is 24.0 Å². The molecule has 1 heterocycles. The van der Waals surface area contributed by atoms with Crippen molar-refractivity contribution in [3.8, 4) is 0 Å². The first-order valence-electron chi connectivity index (χ1n) is 5.94. The van der Waals surface area contributed by atoms with Crippen LogP contribution in [0.3, 0.4) is 0 Å². The van der Waals surface area contributed by atoms with Gasteiger partial charge in [0.1, 0.15) is 0 Å². The Balaban J connectivity index is 2.86. The topological polar surface area (TPSA) is 42.2 Å². The largest absolute Gasteiger partial charge is 0.326 e. The standard InChI is InChI=1S/C13H23N3S/c1-10(9-17-4)16(3)13(11(2)14)12-6-5-7-15-8-12/h5-8,10-11,13H,9,14H2,1-4H3. The van der Waals surface area contributed by atoms with E-state index >= 15 is 0 Å². The third kappa shape index (κ3) is 3.98. The highest BCUT2D eigenvalue weighted by molar-refractivity contribution is 7.98. The number of nitrogens with zero attached hydrogens (tertiary/aromatic N) is 2. The monoisotopic (exact) mass is 253 g/mol. The van der Waals surface area contributed by atoms with Gasteiger partial charge in [0, 0.05) is 30.2 Å². The lowest BCUT2D eigenvalue weighted by Crippen LogP contribution is -2.42. The van der Waals surface area contributed by atoms with Crippen LogP contribution in [0, 0.1) is 0 Å². The summed E-state index contributed by atoms with van der Waals surface area (Å²) in [7, 11) is 2.14. The molecule has 3 atom stereocenters. The molecule has 0 bridgehead atoms. The molecule has 0 saturated heterocycles. The lowest BCUT2D eigenvalue weighted by Gasteiger charge is -2.35. The number of thioether (sulfide) groups is 1. The number of pyridine rings is 1. The molecule has 0 aliphatic rings. The first-order chi connectivity index (χ1) is 8.07. The van der Waals surface area contributed by atoms with E-state index in [1.165, 1.54) is 5.56 Å². The fourth-order valence-corrected chi connectivity index (χ4v) is 2.81. The van der Waals surface area contributed by atoms with Crippen LogP contribution < -0.4 is 5.73 Å². The van der Waals surface area contributed by atoms with Crippen LogP contribution in [0.4, 0.5) is 0 Å². The molecular weight excluding hydrogens is 230 g/mol. The minimum absolute atomic E-state index is 0.0912. The van der Waals surface area contributed by atoms with Crippen LogP contribution in [-0.4, -0.2) is 41.0 Å². The van der Waals surface area contributed by atoms with Crippen molar-refractivity contribution in [1.82, 2.24) is 9.88 Å². The van der Waals surface area contributed by atoms with Crippen LogP contribution in [0.1, 0.15) is 25.5 Å². The predicted octanol–water partition coefficient (Wildman–Crippen LogP) is 2.15. The molecule has 17 heavy (non-hydrogen) atoms. The first-order valence-corrected chi connectivity index (χ1v) is 7.33. The zero-order chi connectivity index (χ0) is 12.8. The van der Waals surface area contributed by atoms with Gasteiger partial charge in [-0.25, -0.2) is 0 Å². The molecule has 4 heteroatoms. The Kier molecular flexibility index (Phi) is 5.95. The molecule has 0 aromatic carbocycles. The molecule has 0 amide bonds. The summed E-state index contributed by atoms with van der Waals surface area (Å²) in [5.74, 6) is 1.11. The summed E-state index contributed by atoms with van der Waals surface area (Å²) in [6.45, 7) is 4.29. The van der Waals surface area contributed by atoms with Crippen molar-refractivity contribution in [2.75, 3.05) is 19.1 Å². The summed E-state index contributed by atoms with van der Waals surface area (Å²) in [4.78, 5) is 6.53. The van der Waals surface area contributed by atoms with E-state index in [0.717, 1.165) is 5.75 Å². The maximum absolute atomic E-state index is 6.13. The first kappa shape index (κ1) is 14.5. The van der Waals surface area contributed by atoms with Gasteiger partial charge in [-0.2, -0.15) is 11.8 Å². The van der Waals surface area contributed by atoms with Crippen molar-refractivity contribution in [3.05, 3.63) is 30.1 Å². The van der Waals surface area contributed by atoms with E-state index in [4.69, 9.17) is 5.73 Å². The molecule has 3 unspecified atom stereocenters. The molecule has 0 aliphatic carbocycles. The number of aromatic nitrogens is 1. The molecule has 0 fully saturated rings. The van der Waals surface area contributed by atoms with Crippen molar-refractivity contribution in [2.45, 2.75) is 32.0 Å². The number of rotatable bonds is 6. The zero-order valence-electron chi connectivity index (χ0n) is 11.1. The SMILES string of the molecule is CSCC(C)N(C)C(c1cccnc1)C(C)N. The summed E-state index contributed by atoms with van der Waals surface area (Å²) >= 11 is 1.86. The lowest BCUT2D eigenvalue weighted by molar-refractivity contribution is 0.178. The fourth-order valence-electron chi connectivity index (χ4n) is 2.09. The van der Waals surface area contributed by atoms with Gasteiger partial charge in [0.05, 0.1) is 6.04 Å². The van der Waals surface area contributed by atoms with E-state index < -0.39 is 0 Å². The van der Waals surface area contributed by atoms with Crippen molar-refractivity contribution >= 4 is 11.8 Å². The molecule has 0 saturated carbocycles. The quantitative estimate of drug-likeness (QED) is 0.843. The van der Waals surface area contributed by atoms with Crippen LogP contribution in [0.25, 0.3) is 0 Å². The summed E-state index contributed by atoms with van der Waals surface area (Å²) in [5.41, 5.74) is 7.32. The molecule has 2 N–H and O–H groups in total. The number of hydrogen-bond donors (Lipinski definition) is 1. The van der Waals surface area contributed by atoms with E-state index in [2.05, 4.69) is 43.1 Å². The van der Waals surface area contributed by atoms with Crippen molar-refractivity contribution in [2.24, 2.45) is 5.73 Å². The Bertz CT molecular complexity index is 316. The van der Waals surface area contributed by atoms with E-state index in [0.29, 0.717) is 6.04 Å². The second-order valence-corrected chi connectivity index (χ2v) is 5.47. The van der Waals surface area contributed by atoms with E-state index in [-0.39, 0.29) is 12.1 Å². The third-order valence-electron chi connectivity index (χ3n) is 3.07. The predicted molar refractivity (Wildman–Crippen MR) is 76.2 cm³/mol. The second kappa shape index (κ2) is 6.99. The van der Waals surface area contributed by atoms with Gasteiger partial charge >= 0.3 is 0 Å². The summed E-state index contributed by atoms with van der Waals surface area (Å²) in [6.07, 6.45) is 5.85. The Hall–Kier alpha value is -0.580. The highest BCUT2D eigenvalue weighted by Crippen LogP contribution is 2.24. The molecule has 0 radical (unpaired) electrons. The summed E-state index contributed by atoms with van der Waals surface area (Å²) in [6, 6.07) is 4.89. The molecule has 3 nitrogen and oxygen atoms in total. The van der Waals surface area contributed by atoms with Crippen LogP contribution in [0.2, 0.25) is 0 Å². The normalized spacial score (nSPS) is 16.8. The van der Waals surface area contributed by atoms with Crippen molar-refractivity contribution in [3.63, 3.8) is 0 Å². The van der Waals surface area contributed by atoms with Gasteiger partial charge in [0.2, 0.25) is 0 Å². The highest BCUT2D eigenvalue weighted by atomic mass is 32.2. The number of likely N-dealkylation sites (N-methyl/N-ethyl adjacent to an activating group) is 1. The fraction of sp³-hybridized carbons (Fsp3) is 0.615. The minimum Gasteiger partial charge on any atom is -0.326 e. The van der Waals surface area contributed by atoms with Gasteiger partial charge in [-0.1, -0.05) is 6.07 Å². The number of nitrogens with two attached hydrogens (primary N) is 1.